The third kappa shape index (κ3) is 5.12. The van der Waals surface area contributed by atoms with Crippen molar-refractivity contribution >= 4 is 16.8 Å². The fourth-order valence-corrected chi connectivity index (χ4v) is 6.25. The summed E-state index contributed by atoms with van der Waals surface area (Å²) >= 11 is 0. The molecule has 1 aromatic carbocycles. The number of hydrogen-bond donors (Lipinski definition) is 3. The number of piperidine rings is 1. The van der Waals surface area contributed by atoms with Gasteiger partial charge in [0.1, 0.15) is 0 Å². The number of carbonyl (C=O) groups is 1. The molecule has 8 heteroatoms. The lowest BCUT2D eigenvalue weighted by molar-refractivity contribution is -0.132. The van der Waals surface area contributed by atoms with Gasteiger partial charge in [0.05, 0.1) is 5.69 Å². The van der Waals surface area contributed by atoms with E-state index in [9.17, 15) is 4.79 Å². The van der Waals surface area contributed by atoms with Gasteiger partial charge in [-0.25, -0.2) is 0 Å². The summed E-state index contributed by atoms with van der Waals surface area (Å²) in [6.07, 6.45) is 7.12. The van der Waals surface area contributed by atoms with Gasteiger partial charge in [0.15, 0.2) is 5.49 Å². The molecule has 0 spiro atoms. The molecule has 198 valence electrons. The molecule has 8 nitrogen and oxygen atoms in total. The molecule has 2 aromatic heterocycles. The van der Waals surface area contributed by atoms with Gasteiger partial charge in [0.2, 0.25) is 5.91 Å². The maximum absolute atomic E-state index is 12.8. The summed E-state index contributed by atoms with van der Waals surface area (Å²) in [5.74, 6) is 12.8. The number of nitrogens with zero attached hydrogens (tertiary/aromatic N) is 4. The molecule has 0 bridgehead atoms. The van der Waals surface area contributed by atoms with Crippen molar-refractivity contribution in [3.05, 3.63) is 52.6 Å². The van der Waals surface area contributed by atoms with Crippen molar-refractivity contribution in [1.82, 2.24) is 19.5 Å². The van der Waals surface area contributed by atoms with Gasteiger partial charge in [-0.1, -0.05) is 19.9 Å². The Labute approximate surface area is 219 Å². The van der Waals surface area contributed by atoms with E-state index in [-0.39, 0.29) is 0 Å². The van der Waals surface area contributed by atoms with E-state index in [1.807, 2.05) is 13.1 Å². The summed E-state index contributed by atoms with van der Waals surface area (Å²) in [6.45, 7) is 11.4. The van der Waals surface area contributed by atoms with Crippen LogP contribution in [-0.2, 0) is 4.79 Å². The lowest BCUT2D eigenvalue weighted by atomic mass is 9.87. The quantitative estimate of drug-likeness (QED) is 0.352. The fourth-order valence-electron chi connectivity index (χ4n) is 6.25. The van der Waals surface area contributed by atoms with Crippen molar-refractivity contribution in [2.24, 2.45) is 10.9 Å². The first-order chi connectivity index (χ1) is 17.9. The minimum absolute atomic E-state index is 0.319. The minimum atomic E-state index is 0.319. The zero-order valence-corrected chi connectivity index (χ0v) is 22.5. The van der Waals surface area contributed by atoms with E-state index in [4.69, 9.17) is 11.7 Å². The van der Waals surface area contributed by atoms with Gasteiger partial charge in [0, 0.05) is 48.7 Å². The number of likely N-dealkylation sites (tertiary alicyclic amines) is 2. The molecule has 5 rings (SSSR count). The average Bonchev–Trinajstić information content (AvgIpc) is 3.54. The molecule has 2 fully saturated rings. The zero-order valence-electron chi connectivity index (χ0n) is 22.5. The first-order valence-corrected chi connectivity index (χ1v) is 13.7. The second kappa shape index (κ2) is 10.6. The van der Waals surface area contributed by atoms with Crippen molar-refractivity contribution in [1.29, 1.82) is 0 Å². The van der Waals surface area contributed by atoms with Crippen LogP contribution < -0.4 is 17.2 Å². The Kier molecular flexibility index (Phi) is 7.29. The number of aromatic nitrogens is 2. The Morgan fingerprint density at radius 1 is 1.14 bits per heavy atom. The van der Waals surface area contributed by atoms with Crippen LogP contribution in [-0.4, -0.2) is 58.1 Å². The number of benzene rings is 1. The molecule has 2 saturated heterocycles. The minimum Gasteiger partial charge on any atom is -0.354 e. The van der Waals surface area contributed by atoms with E-state index < -0.39 is 0 Å². The summed E-state index contributed by atoms with van der Waals surface area (Å²) < 4.78 is 1.49. The molecular weight excluding hydrogens is 462 g/mol. The van der Waals surface area contributed by atoms with Gasteiger partial charge in [-0.3, -0.25) is 9.47 Å². The van der Waals surface area contributed by atoms with E-state index in [1.54, 1.807) is 0 Å². The Balaban J connectivity index is 1.35. The lowest BCUT2D eigenvalue weighted by Crippen LogP contribution is -2.39. The van der Waals surface area contributed by atoms with Gasteiger partial charge >= 0.3 is 0 Å². The topological polar surface area (TPSA) is 109 Å². The highest BCUT2D eigenvalue weighted by atomic mass is 16.2. The summed E-state index contributed by atoms with van der Waals surface area (Å²) in [5, 5.41) is 5.08. The van der Waals surface area contributed by atoms with Crippen molar-refractivity contribution in [3.63, 3.8) is 0 Å². The van der Waals surface area contributed by atoms with Crippen LogP contribution in [0, 0.1) is 6.92 Å². The predicted molar refractivity (Wildman–Crippen MR) is 149 cm³/mol. The molecule has 0 unspecified atom stereocenters. The molecule has 0 radical (unpaired) electrons. The molecule has 0 aliphatic carbocycles. The Morgan fingerprint density at radius 3 is 2.51 bits per heavy atom. The third-order valence-electron chi connectivity index (χ3n) is 8.26. The van der Waals surface area contributed by atoms with Crippen LogP contribution in [0.3, 0.4) is 0 Å². The molecule has 5 N–H and O–H groups in total. The normalized spacial score (nSPS) is 17.9. The number of aryl methyl sites for hydroxylation is 1. The molecule has 0 saturated carbocycles. The fraction of sp³-hybridized carbons (Fsp3) is 0.517. The van der Waals surface area contributed by atoms with Gasteiger partial charge in [-0.05, 0) is 92.4 Å². The summed E-state index contributed by atoms with van der Waals surface area (Å²) in [6, 6.07) is 8.92. The summed E-state index contributed by atoms with van der Waals surface area (Å²) in [7, 11) is 0. The number of nitrogens with one attached hydrogen (secondary N) is 1. The van der Waals surface area contributed by atoms with Crippen molar-refractivity contribution in [3.8, 4) is 11.3 Å². The molecular formula is C29H41N7O. The van der Waals surface area contributed by atoms with Crippen LogP contribution in [0.4, 0.5) is 0 Å². The van der Waals surface area contributed by atoms with Crippen LogP contribution in [0.25, 0.3) is 22.2 Å². The van der Waals surface area contributed by atoms with Crippen molar-refractivity contribution in [2.45, 2.75) is 64.7 Å². The number of nitrogens with two attached hydrogens (primary N) is 2. The number of aromatic amines is 1. The van der Waals surface area contributed by atoms with E-state index >= 15 is 0 Å². The number of hydrogen-bond acceptors (Lipinski definition) is 5. The zero-order chi connectivity index (χ0) is 26.1. The van der Waals surface area contributed by atoms with E-state index in [2.05, 4.69) is 58.0 Å². The van der Waals surface area contributed by atoms with E-state index in [0.29, 0.717) is 29.7 Å². The number of carbonyl (C=O) groups excluding carboxylic acids is 1. The number of pyridine rings is 1. The van der Waals surface area contributed by atoms with E-state index in [0.717, 1.165) is 67.9 Å². The van der Waals surface area contributed by atoms with Crippen LogP contribution in [0.5, 0.6) is 0 Å². The molecule has 4 heterocycles. The SMILES string of the molecule is Cc1cc(-c2[nH]c3ccc(C4CCN(C(=O)CCN5CCCC5)CC4)cc3c2C(C)C)cn(N)/c1=N\N. The van der Waals surface area contributed by atoms with Crippen LogP contribution >= 0.6 is 0 Å². The standard InChI is InChI=1S/C29H41N7O/c1-19(2)27-24-17-22(21-8-14-35(15-9-21)26(37)10-13-34-11-4-5-12-34)6-7-25(24)32-28(27)23-16-20(3)29(33-30)36(31)18-23/h6-7,16-19,21,32H,4-5,8-15,30-31H2,1-3H3/b33-29-. The maximum atomic E-state index is 12.8. The first kappa shape index (κ1) is 25.4. The molecule has 2 aliphatic rings. The number of rotatable bonds is 6. The molecule has 0 atom stereocenters. The molecule has 1 amide bonds. The number of H-pyrrole nitrogens is 1. The second-order valence-corrected chi connectivity index (χ2v) is 11.1. The van der Waals surface area contributed by atoms with Gasteiger partial charge in [-0.2, -0.15) is 5.10 Å². The van der Waals surface area contributed by atoms with E-state index in [1.165, 1.54) is 34.0 Å². The molecule has 3 aromatic rings. The summed E-state index contributed by atoms with van der Waals surface area (Å²) in [4.78, 5) is 21.0. The molecule has 37 heavy (non-hydrogen) atoms. The lowest BCUT2D eigenvalue weighted by Gasteiger charge is -2.33. The Morgan fingerprint density at radius 2 is 1.86 bits per heavy atom. The average molecular weight is 504 g/mol. The Bertz CT molecular complexity index is 1310. The van der Waals surface area contributed by atoms with Crippen LogP contribution in [0.1, 0.15) is 74.5 Å². The number of nitrogen functional groups attached to an aromatic ring is 1. The van der Waals surface area contributed by atoms with Gasteiger partial charge in [0.25, 0.3) is 0 Å². The maximum Gasteiger partial charge on any atom is 0.223 e. The van der Waals surface area contributed by atoms with Crippen molar-refractivity contribution in [2.75, 3.05) is 38.6 Å². The van der Waals surface area contributed by atoms with Crippen LogP contribution in [0.15, 0.2) is 35.6 Å². The largest absolute Gasteiger partial charge is 0.354 e. The highest BCUT2D eigenvalue weighted by Gasteiger charge is 2.25. The predicted octanol–water partition coefficient (Wildman–Crippen LogP) is 3.75. The van der Waals surface area contributed by atoms with Crippen molar-refractivity contribution < 1.29 is 4.79 Å². The van der Waals surface area contributed by atoms with Gasteiger partial charge < -0.3 is 26.5 Å². The van der Waals surface area contributed by atoms with Gasteiger partial charge in [-0.15, -0.1) is 0 Å². The number of fused-ring (bicyclic) bond motifs is 1. The highest BCUT2D eigenvalue weighted by Crippen LogP contribution is 2.38. The smallest absolute Gasteiger partial charge is 0.223 e. The third-order valence-corrected chi connectivity index (χ3v) is 8.26. The van der Waals surface area contributed by atoms with Crippen LogP contribution in [0.2, 0.25) is 0 Å². The molecule has 2 aliphatic heterocycles. The first-order valence-electron chi connectivity index (χ1n) is 13.7. The summed E-state index contributed by atoms with van der Waals surface area (Å²) in [5.41, 5.74) is 7.40. The highest BCUT2D eigenvalue weighted by molar-refractivity contribution is 5.92. The Hall–Kier alpha value is -3.26. The number of amides is 1. The monoisotopic (exact) mass is 503 g/mol. The second-order valence-electron chi connectivity index (χ2n) is 11.1.